The minimum atomic E-state index is 0.312. The number of likely N-dealkylation sites (tertiary alicyclic amines) is 1. The van der Waals surface area contributed by atoms with Gasteiger partial charge in [0.15, 0.2) is 0 Å². The molecule has 2 saturated heterocycles. The number of hydrogen-bond acceptors (Lipinski definition) is 5. The first-order valence-electron chi connectivity index (χ1n) is 9.07. The lowest BCUT2D eigenvalue weighted by Gasteiger charge is -2.45. The van der Waals surface area contributed by atoms with Crippen LogP contribution in [0.25, 0.3) is 10.6 Å². The molecule has 6 heteroatoms. The van der Waals surface area contributed by atoms with Gasteiger partial charge in [-0.1, -0.05) is 0 Å². The van der Waals surface area contributed by atoms with E-state index in [1.54, 1.807) is 17.5 Å². The summed E-state index contributed by atoms with van der Waals surface area (Å²) in [4.78, 5) is 23.3. The van der Waals surface area contributed by atoms with Crippen LogP contribution >= 0.6 is 11.3 Å². The molecule has 4 heterocycles. The Labute approximate surface area is 152 Å². The van der Waals surface area contributed by atoms with Gasteiger partial charge in [0.05, 0.1) is 5.69 Å². The van der Waals surface area contributed by atoms with Crippen LogP contribution in [0.3, 0.4) is 0 Å². The lowest BCUT2D eigenvalue weighted by Crippen LogP contribution is -2.51. The first-order chi connectivity index (χ1) is 12.2. The highest BCUT2D eigenvalue weighted by Crippen LogP contribution is 2.38. The van der Waals surface area contributed by atoms with Gasteiger partial charge < -0.3 is 10.2 Å². The fraction of sp³-hybridized carbons (Fsp3) is 0.526. The second-order valence-corrected chi connectivity index (χ2v) is 8.06. The quantitative estimate of drug-likeness (QED) is 0.915. The number of carbonyl (C=O) groups is 1. The first kappa shape index (κ1) is 16.7. The van der Waals surface area contributed by atoms with Crippen molar-refractivity contribution in [2.24, 2.45) is 5.41 Å². The van der Waals surface area contributed by atoms with E-state index in [1.807, 2.05) is 18.3 Å². The Bertz CT molecular complexity index is 724. The second-order valence-electron chi connectivity index (χ2n) is 7.20. The van der Waals surface area contributed by atoms with Crippen LogP contribution in [0.1, 0.15) is 31.4 Å². The molecule has 132 valence electrons. The van der Waals surface area contributed by atoms with Crippen LogP contribution in [0, 0.1) is 5.41 Å². The molecule has 2 aliphatic rings. The van der Waals surface area contributed by atoms with E-state index in [1.165, 1.54) is 12.8 Å². The van der Waals surface area contributed by atoms with Gasteiger partial charge in [0, 0.05) is 49.3 Å². The standard InChI is InChI=1S/C19H24N4OS/c24-17-3-5-19(6-9-20-10-7-19)14-23(17)11-4-16-13-25-18(22-16)15-2-1-8-21-12-15/h1-2,8,12-13,20H,3-7,9-11,14H2. The summed E-state index contributed by atoms with van der Waals surface area (Å²) >= 11 is 1.65. The number of aromatic nitrogens is 2. The fourth-order valence-corrected chi connectivity index (χ4v) is 4.81. The minimum Gasteiger partial charge on any atom is -0.342 e. The number of thiazole rings is 1. The highest BCUT2D eigenvalue weighted by atomic mass is 32.1. The number of amides is 1. The van der Waals surface area contributed by atoms with Gasteiger partial charge in [-0.05, 0) is 49.9 Å². The molecular formula is C19H24N4OS. The molecule has 0 bridgehead atoms. The van der Waals surface area contributed by atoms with Gasteiger partial charge in [-0.2, -0.15) is 0 Å². The van der Waals surface area contributed by atoms with Crippen molar-refractivity contribution in [2.75, 3.05) is 26.2 Å². The number of rotatable bonds is 4. The number of hydrogen-bond donors (Lipinski definition) is 1. The molecule has 0 saturated carbocycles. The Hall–Kier alpha value is -1.79. The Morgan fingerprint density at radius 2 is 2.16 bits per heavy atom. The molecule has 4 rings (SSSR count). The normalized spacial score (nSPS) is 20.2. The maximum absolute atomic E-state index is 12.4. The largest absolute Gasteiger partial charge is 0.342 e. The van der Waals surface area contributed by atoms with Crippen LogP contribution in [0.5, 0.6) is 0 Å². The zero-order valence-electron chi connectivity index (χ0n) is 14.4. The van der Waals surface area contributed by atoms with Crippen LogP contribution in [-0.4, -0.2) is 47.0 Å². The molecule has 0 atom stereocenters. The molecule has 0 aliphatic carbocycles. The Balaban J connectivity index is 1.39. The molecule has 1 amide bonds. The molecule has 2 aromatic rings. The molecule has 0 aromatic carbocycles. The van der Waals surface area contributed by atoms with Crippen molar-refractivity contribution in [1.29, 1.82) is 0 Å². The molecule has 0 radical (unpaired) electrons. The van der Waals surface area contributed by atoms with E-state index in [4.69, 9.17) is 4.98 Å². The van der Waals surface area contributed by atoms with Gasteiger partial charge in [0.25, 0.3) is 0 Å². The van der Waals surface area contributed by atoms with Crippen LogP contribution < -0.4 is 5.32 Å². The average Bonchev–Trinajstić information content (AvgIpc) is 3.13. The summed E-state index contributed by atoms with van der Waals surface area (Å²) in [5.41, 5.74) is 2.48. The van der Waals surface area contributed by atoms with E-state index in [2.05, 4.69) is 20.6 Å². The summed E-state index contributed by atoms with van der Waals surface area (Å²) in [5.74, 6) is 0.312. The Morgan fingerprint density at radius 3 is 2.96 bits per heavy atom. The average molecular weight is 356 g/mol. The van der Waals surface area contributed by atoms with Gasteiger partial charge in [-0.3, -0.25) is 9.78 Å². The summed E-state index contributed by atoms with van der Waals surface area (Å²) in [6.45, 7) is 3.88. The molecule has 2 aliphatic heterocycles. The predicted molar refractivity (Wildman–Crippen MR) is 99.4 cm³/mol. The van der Waals surface area contributed by atoms with Gasteiger partial charge in [0.2, 0.25) is 5.91 Å². The van der Waals surface area contributed by atoms with Crippen molar-refractivity contribution in [3.8, 4) is 10.6 Å². The molecule has 0 unspecified atom stereocenters. The SMILES string of the molecule is O=C1CCC2(CCNCC2)CN1CCc1csc(-c2cccnc2)n1. The molecule has 1 spiro atoms. The lowest BCUT2D eigenvalue weighted by molar-refractivity contribution is -0.138. The highest BCUT2D eigenvalue weighted by Gasteiger charge is 2.39. The summed E-state index contributed by atoms with van der Waals surface area (Å²) in [5, 5.41) is 6.55. The summed E-state index contributed by atoms with van der Waals surface area (Å²) in [7, 11) is 0. The van der Waals surface area contributed by atoms with Gasteiger partial charge >= 0.3 is 0 Å². The molecular weight excluding hydrogens is 332 g/mol. The van der Waals surface area contributed by atoms with E-state index in [0.717, 1.165) is 55.3 Å². The number of nitrogens with one attached hydrogen (secondary N) is 1. The highest BCUT2D eigenvalue weighted by molar-refractivity contribution is 7.13. The third-order valence-electron chi connectivity index (χ3n) is 5.51. The van der Waals surface area contributed by atoms with E-state index in [9.17, 15) is 4.79 Å². The van der Waals surface area contributed by atoms with Crippen molar-refractivity contribution in [3.05, 3.63) is 35.6 Å². The molecule has 25 heavy (non-hydrogen) atoms. The van der Waals surface area contributed by atoms with Crippen LogP contribution in [0.2, 0.25) is 0 Å². The first-order valence-corrected chi connectivity index (χ1v) is 9.95. The molecule has 5 nitrogen and oxygen atoms in total. The number of nitrogens with zero attached hydrogens (tertiary/aromatic N) is 3. The van der Waals surface area contributed by atoms with Crippen molar-refractivity contribution in [2.45, 2.75) is 32.1 Å². The van der Waals surface area contributed by atoms with Crippen molar-refractivity contribution < 1.29 is 4.79 Å². The van der Waals surface area contributed by atoms with Gasteiger partial charge in [-0.15, -0.1) is 11.3 Å². The number of pyridine rings is 1. The van der Waals surface area contributed by atoms with Gasteiger partial charge in [0.1, 0.15) is 5.01 Å². The third-order valence-corrected chi connectivity index (χ3v) is 6.45. The Kier molecular flexibility index (Phi) is 4.81. The van der Waals surface area contributed by atoms with E-state index in [0.29, 0.717) is 17.7 Å². The monoisotopic (exact) mass is 356 g/mol. The van der Waals surface area contributed by atoms with E-state index >= 15 is 0 Å². The lowest BCUT2D eigenvalue weighted by atomic mass is 9.72. The topological polar surface area (TPSA) is 58.1 Å². The smallest absolute Gasteiger partial charge is 0.222 e. The zero-order chi connectivity index (χ0) is 17.1. The van der Waals surface area contributed by atoms with Crippen molar-refractivity contribution in [1.82, 2.24) is 20.2 Å². The van der Waals surface area contributed by atoms with Crippen LogP contribution in [0.15, 0.2) is 29.9 Å². The van der Waals surface area contributed by atoms with Gasteiger partial charge in [-0.25, -0.2) is 4.98 Å². The summed E-state index contributed by atoms with van der Waals surface area (Å²) < 4.78 is 0. The third kappa shape index (κ3) is 3.75. The maximum atomic E-state index is 12.4. The fourth-order valence-electron chi connectivity index (χ4n) is 3.96. The Morgan fingerprint density at radius 1 is 1.28 bits per heavy atom. The zero-order valence-corrected chi connectivity index (χ0v) is 15.2. The van der Waals surface area contributed by atoms with E-state index < -0.39 is 0 Å². The van der Waals surface area contributed by atoms with Crippen LogP contribution in [-0.2, 0) is 11.2 Å². The number of piperidine rings is 2. The second kappa shape index (κ2) is 7.22. The molecule has 2 fully saturated rings. The molecule has 1 N–H and O–H groups in total. The van der Waals surface area contributed by atoms with Crippen molar-refractivity contribution >= 4 is 17.2 Å². The summed E-state index contributed by atoms with van der Waals surface area (Å²) in [6, 6.07) is 3.96. The molecule has 2 aromatic heterocycles. The number of carbonyl (C=O) groups excluding carboxylic acids is 1. The summed E-state index contributed by atoms with van der Waals surface area (Å²) in [6.07, 6.45) is 8.60. The minimum absolute atomic E-state index is 0.312. The van der Waals surface area contributed by atoms with Crippen molar-refractivity contribution in [3.63, 3.8) is 0 Å². The predicted octanol–water partition coefficient (Wildman–Crippen LogP) is 2.74. The van der Waals surface area contributed by atoms with Crippen LogP contribution in [0.4, 0.5) is 0 Å². The maximum Gasteiger partial charge on any atom is 0.222 e. The van der Waals surface area contributed by atoms with E-state index in [-0.39, 0.29) is 0 Å².